The van der Waals surface area contributed by atoms with Gasteiger partial charge in [0.25, 0.3) is 0 Å². The van der Waals surface area contributed by atoms with E-state index in [2.05, 4.69) is 11.1 Å². The van der Waals surface area contributed by atoms with Crippen LogP contribution in [0.5, 0.6) is 0 Å². The molecule has 0 saturated carbocycles. The zero-order chi connectivity index (χ0) is 14.0. The number of ether oxygens (including phenoxy) is 1. The fraction of sp³-hybridized carbons (Fsp3) is 0.308. The van der Waals surface area contributed by atoms with Gasteiger partial charge >= 0.3 is 0 Å². The van der Waals surface area contributed by atoms with E-state index in [1.54, 1.807) is 31.2 Å². The van der Waals surface area contributed by atoms with Crippen molar-refractivity contribution in [2.75, 3.05) is 7.11 Å². The van der Waals surface area contributed by atoms with Gasteiger partial charge in [0, 0.05) is 12.7 Å². The smallest absolute Gasteiger partial charge is 0.248 e. The van der Waals surface area contributed by atoms with E-state index >= 15 is 0 Å². The molecule has 0 fully saturated rings. The van der Waals surface area contributed by atoms with Crippen LogP contribution >= 0.6 is 11.8 Å². The number of nitriles is 1. The summed E-state index contributed by atoms with van der Waals surface area (Å²) in [6, 6.07) is 9.06. The van der Waals surface area contributed by atoms with E-state index < -0.39 is 16.9 Å². The van der Waals surface area contributed by atoms with Crippen molar-refractivity contribution in [2.24, 2.45) is 10.7 Å². The Morgan fingerprint density at radius 1 is 1.53 bits per heavy atom. The van der Waals surface area contributed by atoms with Crippen LogP contribution in [0.1, 0.15) is 18.1 Å². The summed E-state index contributed by atoms with van der Waals surface area (Å²) in [5, 5.41) is 9.46. The first-order chi connectivity index (χ1) is 9.01. The van der Waals surface area contributed by atoms with Crippen molar-refractivity contribution in [3.63, 3.8) is 0 Å². The molecule has 2 atom stereocenters. The Bertz CT molecular complexity index is 577. The zero-order valence-corrected chi connectivity index (χ0v) is 11.4. The van der Waals surface area contributed by atoms with Gasteiger partial charge in [-0.1, -0.05) is 23.9 Å². The topological polar surface area (TPSA) is 88.5 Å². The summed E-state index contributed by atoms with van der Waals surface area (Å²) < 4.78 is 5.28. The van der Waals surface area contributed by atoms with Crippen molar-refractivity contribution in [3.8, 4) is 6.07 Å². The van der Waals surface area contributed by atoms with Crippen LogP contribution in [-0.4, -0.2) is 29.0 Å². The molecule has 0 bridgehead atoms. The monoisotopic (exact) mass is 275 g/mol. The lowest BCUT2D eigenvalue weighted by Crippen LogP contribution is -2.46. The highest BCUT2D eigenvalue weighted by Crippen LogP contribution is 2.38. The molecule has 0 aromatic heterocycles. The second-order valence-corrected chi connectivity index (χ2v) is 5.35. The number of carbonyl (C=O) groups is 1. The van der Waals surface area contributed by atoms with Gasteiger partial charge in [-0.15, -0.1) is 0 Å². The number of methoxy groups -OCH3 is 1. The number of hydrogen-bond acceptors (Lipinski definition) is 5. The van der Waals surface area contributed by atoms with E-state index in [1.165, 1.54) is 18.9 Å². The molecule has 0 radical (unpaired) electrons. The van der Waals surface area contributed by atoms with Crippen LogP contribution in [-0.2, 0) is 9.53 Å². The van der Waals surface area contributed by atoms with Crippen LogP contribution in [0.15, 0.2) is 29.3 Å². The summed E-state index contributed by atoms with van der Waals surface area (Å²) in [5.41, 5.74) is 5.32. The Balaban J connectivity index is 2.36. The van der Waals surface area contributed by atoms with E-state index in [0.717, 1.165) is 5.56 Å². The second-order valence-electron chi connectivity index (χ2n) is 4.30. The largest absolute Gasteiger partial charge is 0.367 e. The number of nitrogens with two attached hydrogens (primary N) is 1. The number of nitrogens with zero attached hydrogens (tertiary/aromatic N) is 2. The standard InChI is InChI=1S/C13H13N3O2S/c1-13(11(15)17)12(18-2)19-10(16-13)9-5-3-8(7-14)4-6-9/h3-6,12H,1-2H3,(H2,15,17)/t12?,13-/m1/s1. The van der Waals surface area contributed by atoms with E-state index in [4.69, 9.17) is 15.7 Å². The number of benzene rings is 1. The highest BCUT2D eigenvalue weighted by molar-refractivity contribution is 8.15. The minimum atomic E-state index is -1.07. The molecule has 1 amide bonds. The predicted molar refractivity (Wildman–Crippen MR) is 73.7 cm³/mol. The van der Waals surface area contributed by atoms with Gasteiger partial charge in [-0.05, 0) is 19.1 Å². The van der Waals surface area contributed by atoms with E-state index in [-0.39, 0.29) is 0 Å². The fourth-order valence-corrected chi connectivity index (χ4v) is 2.99. The van der Waals surface area contributed by atoms with Crippen molar-refractivity contribution >= 4 is 22.7 Å². The van der Waals surface area contributed by atoms with E-state index in [0.29, 0.717) is 10.6 Å². The molecule has 0 aliphatic carbocycles. The maximum atomic E-state index is 11.5. The quantitative estimate of drug-likeness (QED) is 0.899. The highest BCUT2D eigenvalue weighted by atomic mass is 32.2. The first kappa shape index (κ1) is 13.6. The SMILES string of the molecule is COC1SC(c2ccc(C#N)cc2)=N[C@]1(C)C(N)=O. The molecule has 0 saturated heterocycles. The number of amides is 1. The molecule has 1 aromatic carbocycles. The zero-order valence-electron chi connectivity index (χ0n) is 10.6. The maximum Gasteiger partial charge on any atom is 0.248 e. The second kappa shape index (κ2) is 5.03. The number of rotatable bonds is 3. The first-order valence-electron chi connectivity index (χ1n) is 5.61. The summed E-state index contributed by atoms with van der Waals surface area (Å²) in [4.78, 5) is 15.9. The van der Waals surface area contributed by atoms with E-state index in [1.807, 2.05) is 0 Å². The van der Waals surface area contributed by atoms with Crippen molar-refractivity contribution < 1.29 is 9.53 Å². The Morgan fingerprint density at radius 2 is 2.16 bits per heavy atom. The van der Waals surface area contributed by atoms with Crippen LogP contribution in [0.25, 0.3) is 0 Å². The molecule has 2 N–H and O–H groups in total. The molecule has 6 heteroatoms. The average molecular weight is 275 g/mol. The predicted octanol–water partition coefficient (Wildman–Crippen LogP) is 1.27. The molecule has 98 valence electrons. The van der Waals surface area contributed by atoms with Crippen molar-refractivity contribution in [1.82, 2.24) is 0 Å². The molecule has 1 unspecified atom stereocenters. The third-order valence-corrected chi connectivity index (χ3v) is 4.40. The normalized spacial score (nSPS) is 25.7. The van der Waals surface area contributed by atoms with Crippen molar-refractivity contribution in [3.05, 3.63) is 35.4 Å². The van der Waals surface area contributed by atoms with Gasteiger partial charge in [0.1, 0.15) is 10.5 Å². The fourth-order valence-electron chi connectivity index (χ4n) is 1.77. The summed E-state index contributed by atoms with van der Waals surface area (Å²) in [6.45, 7) is 1.66. The molecular formula is C13H13N3O2S. The highest BCUT2D eigenvalue weighted by Gasteiger charge is 2.46. The summed E-state index contributed by atoms with van der Waals surface area (Å²) in [6.07, 6.45) is 0. The van der Waals surface area contributed by atoms with Gasteiger partial charge in [-0.25, -0.2) is 0 Å². The molecule has 2 rings (SSSR count). The molecular weight excluding hydrogens is 262 g/mol. The van der Waals surface area contributed by atoms with Gasteiger partial charge < -0.3 is 10.5 Å². The molecule has 0 spiro atoms. The summed E-state index contributed by atoms with van der Waals surface area (Å²) >= 11 is 1.36. The van der Waals surface area contributed by atoms with E-state index in [9.17, 15) is 4.79 Å². The van der Waals surface area contributed by atoms with Gasteiger partial charge in [0.05, 0.1) is 11.6 Å². The average Bonchev–Trinajstić information content (AvgIpc) is 2.77. The lowest BCUT2D eigenvalue weighted by atomic mass is 10.0. The molecule has 1 aliphatic rings. The molecule has 5 nitrogen and oxygen atoms in total. The Kier molecular flexibility index (Phi) is 3.60. The van der Waals surface area contributed by atoms with Crippen LogP contribution in [0.3, 0.4) is 0 Å². The van der Waals surface area contributed by atoms with Crippen LogP contribution in [0.2, 0.25) is 0 Å². The van der Waals surface area contributed by atoms with Crippen LogP contribution in [0.4, 0.5) is 0 Å². The Labute approximate surface area is 115 Å². The molecule has 1 aromatic rings. The van der Waals surface area contributed by atoms with Crippen LogP contribution < -0.4 is 5.73 Å². The Hall–Kier alpha value is -1.84. The van der Waals surface area contributed by atoms with Gasteiger partial charge in [-0.2, -0.15) is 5.26 Å². The minimum Gasteiger partial charge on any atom is -0.367 e. The maximum absolute atomic E-state index is 11.5. The molecule has 19 heavy (non-hydrogen) atoms. The van der Waals surface area contributed by atoms with Gasteiger partial charge in [0.2, 0.25) is 5.91 Å². The van der Waals surface area contributed by atoms with Gasteiger partial charge in [0.15, 0.2) is 5.54 Å². The Morgan fingerprint density at radius 3 is 2.58 bits per heavy atom. The summed E-state index contributed by atoms with van der Waals surface area (Å²) in [5.74, 6) is -0.518. The van der Waals surface area contributed by atoms with Crippen molar-refractivity contribution in [2.45, 2.75) is 17.9 Å². The number of aliphatic imine (C=N–C) groups is 1. The number of thioether (sulfide) groups is 1. The third-order valence-electron chi connectivity index (χ3n) is 2.99. The summed E-state index contributed by atoms with van der Waals surface area (Å²) in [7, 11) is 1.52. The molecule has 1 heterocycles. The number of hydrogen-bond donors (Lipinski definition) is 1. The molecule has 1 aliphatic heterocycles. The lowest BCUT2D eigenvalue weighted by Gasteiger charge is -2.22. The minimum absolute atomic E-state index is 0.435. The number of primary amides is 1. The van der Waals surface area contributed by atoms with Crippen molar-refractivity contribution in [1.29, 1.82) is 5.26 Å². The van der Waals surface area contributed by atoms with Crippen LogP contribution in [0, 0.1) is 11.3 Å². The third kappa shape index (κ3) is 2.35. The number of carbonyl (C=O) groups excluding carboxylic acids is 1. The lowest BCUT2D eigenvalue weighted by molar-refractivity contribution is -0.124. The van der Waals surface area contributed by atoms with Gasteiger partial charge in [-0.3, -0.25) is 9.79 Å². The first-order valence-corrected chi connectivity index (χ1v) is 6.49.